The number of rotatable bonds is 23. The summed E-state index contributed by atoms with van der Waals surface area (Å²) in [5, 5.41) is 61.6. The van der Waals surface area contributed by atoms with E-state index in [1.165, 1.54) is 225 Å². The van der Waals surface area contributed by atoms with E-state index in [-0.39, 0.29) is 119 Å². The van der Waals surface area contributed by atoms with Crippen molar-refractivity contribution in [3.05, 3.63) is 460 Å². The number of aromatic carboxylic acids is 2. The lowest BCUT2D eigenvalue weighted by Gasteiger charge is -2.10. The quantitative estimate of drug-likeness (QED) is 0.00781. The second-order valence-electron chi connectivity index (χ2n) is 29.8. The van der Waals surface area contributed by atoms with E-state index >= 15 is 0 Å². The number of aryl methyl sites for hydroxylation is 4. The summed E-state index contributed by atoms with van der Waals surface area (Å²) in [6, 6.07) is 101. The third-order valence-corrected chi connectivity index (χ3v) is 19.0. The Balaban J connectivity index is 0.000000276. The molecular weight excluding hydrogens is 2050 g/mol. The fourth-order valence-corrected chi connectivity index (χ4v) is 11.4. The molecule has 0 bridgehead atoms. The number of hydrogen-bond acceptors (Lipinski definition) is 31. The zero-order chi connectivity index (χ0) is 109. The summed E-state index contributed by atoms with van der Waals surface area (Å²) in [4.78, 5) is 137. The number of methoxy groups -OCH3 is 1. The maximum absolute atomic E-state index is 12.6. The average molecular weight is 2140 g/mol. The number of hydrogen-bond donors (Lipinski definition) is 7. The highest BCUT2D eigenvalue weighted by atomic mass is 36.0. The highest BCUT2D eigenvalue weighted by molar-refractivity contribution is 8.26. The van der Waals surface area contributed by atoms with Crippen LogP contribution in [0.5, 0.6) is 74.7 Å². The Bertz CT molecular complexity index is 6770. The summed E-state index contributed by atoms with van der Waals surface area (Å²) in [5.41, 5.74) is 7.56. The lowest BCUT2D eigenvalue weighted by molar-refractivity contribution is 0.0686. The first kappa shape index (κ1) is 120. The monoisotopic (exact) mass is 2140 g/mol. The van der Waals surface area contributed by atoms with Crippen LogP contribution in [0.2, 0.25) is 0 Å². The molecule has 0 radical (unpaired) electrons. The number of halogens is 4. The van der Waals surface area contributed by atoms with Gasteiger partial charge in [-0.05, 0) is 303 Å². The van der Waals surface area contributed by atoms with Gasteiger partial charge in [0.15, 0.2) is 0 Å². The van der Waals surface area contributed by atoms with Gasteiger partial charge in [0.1, 0.15) is 101 Å². The van der Waals surface area contributed by atoms with Gasteiger partial charge in [-0.3, -0.25) is 4.79 Å². The molecule has 0 aliphatic heterocycles. The minimum absolute atomic E-state index is 0. The molecule has 776 valence electrons. The molecule has 0 atom stereocenters. The molecule has 0 amide bonds. The lowest BCUT2D eigenvalue weighted by atomic mass is 10.2. The molecule has 15 aromatic carbocycles. The van der Waals surface area contributed by atoms with Crippen molar-refractivity contribution >= 4 is 125 Å². The van der Waals surface area contributed by atoms with Crippen LogP contribution in [0.1, 0.15) is 124 Å². The van der Waals surface area contributed by atoms with Crippen molar-refractivity contribution < 1.29 is 159 Å². The van der Waals surface area contributed by atoms with E-state index < -0.39 is 80.3 Å². The van der Waals surface area contributed by atoms with Crippen molar-refractivity contribution in [2.75, 3.05) is 7.11 Å². The number of carboxylic acid groups (broad SMARTS) is 2. The van der Waals surface area contributed by atoms with Gasteiger partial charge in [-0.25, -0.2) is 56.9 Å². The zero-order valence-electron chi connectivity index (χ0n) is 79.3. The first-order chi connectivity index (χ1) is 71.3. The smallest absolute Gasteiger partial charge is 0.508 e. The van der Waals surface area contributed by atoms with Gasteiger partial charge in [0.2, 0.25) is 9.23 Å². The van der Waals surface area contributed by atoms with Crippen LogP contribution in [-0.2, 0) is 59.3 Å². The van der Waals surface area contributed by atoms with Gasteiger partial charge in [-0.1, -0.05) is 165 Å². The molecule has 0 saturated carbocycles. The second kappa shape index (κ2) is 65.1. The number of carbonyl (C=O) groups is 12. The van der Waals surface area contributed by atoms with E-state index in [4.69, 9.17) is 105 Å². The van der Waals surface area contributed by atoms with Crippen molar-refractivity contribution in [1.82, 2.24) is 0 Å². The number of phenols is 5. The zero-order valence-corrected chi connectivity index (χ0v) is 83.1. The number of ether oxygens (including phenoxy) is 13. The van der Waals surface area contributed by atoms with E-state index in [0.29, 0.717) is 44.9 Å². The first-order valence-electron chi connectivity index (χ1n) is 43.4. The molecule has 150 heavy (non-hydrogen) atoms. The molecule has 0 saturated heterocycles. The van der Waals surface area contributed by atoms with Crippen molar-refractivity contribution in [3.63, 3.8) is 0 Å². The van der Waals surface area contributed by atoms with Crippen LogP contribution in [0.15, 0.2) is 376 Å². The highest BCUT2D eigenvalue weighted by Gasteiger charge is 2.20. The van der Waals surface area contributed by atoms with Crippen LogP contribution in [0, 0.1) is 27.7 Å². The van der Waals surface area contributed by atoms with Crippen LogP contribution in [0.25, 0.3) is 0 Å². The van der Waals surface area contributed by atoms with Crippen LogP contribution in [-0.4, -0.2) is 118 Å². The van der Waals surface area contributed by atoms with Gasteiger partial charge in [0.25, 0.3) is 5.24 Å². The largest absolute Gasteiger partial charge is 0.514 e. The van der Waals surface area contributed by atoms with Crippen LogP contribution in [0.3, 0.4) is 0 Å². The van der Waals surface area contributed by atoms with E-state index in [1.54, 1.807) is 32.9 Å². The number of esters is 4. The third-order valence-electron chi connectivity index (χ3n) is 18.7. The molecular formula is C112H96Cl4O33S. The molecule has 15 rings (SSSR count). The summed E-state index contributed by atoms with van der Waals surface area (Å²) in [5.74, 6) is -1.77. The summed E-state index contributed by atoms with van der Waals surface area (Å²) < 4.78 is 74.4. The van der Waals surface area contributed by atoms with Gasteiger partial charge >= 0.3 is 65.9 Å². The Morgan fingerprint density at radius 1 is 0.267 bits per heavy atom. The van der Waals surface area contributed by atoms with Crippen LogP contribution < -0.4 is 37.9 Å². The number of phenolic OH excluding ortho intramolecular Hbond substituents is 5. The summed E-state index contributed by atoms with van der Waals surface area (Å²) in [7, 11) is 8.54. The lowest BCUT2D eigenvalue weighted by Crippen LogP contribution is -2.12. The van der Waals surface area contributed by atoms with Crippen molar-refractivity contribution in [1.29, 1.82) is 0 Å². The molecule has 0 aromatic heterocycles. The Hall–Kier alpha value is -18.4. The Morgan fingerprint density at radius 3 is 0.767 bits per heavy atom. The van der Waals surface area contributed by atoms with E-state index in [1.807, 2.05) is 140 Å². The SMILES string of the molecule is C.COC(=O)Oc1ccc(C(=O)Oc2ccc(OC(=O)c3ccc(OC(=O)OCc4ccccc4)cc3)c(C)c2)cc1.Cc1cc(O)ccc1O.Cc1cc(OC(=O)c2ccc(O)cc2)ccc1OC(=O)c1ccc(O)cc1.Cc1ccccc1.O=C(Cl)OCc1ccccc1.O=C(O)c1ccc(O)cc1.O=C(OCc1ccccc1)Oc1ccc(C(=O)Cl)cc1.O=C(OCc1ccccc1)Oc1ccc(C(=O)O)cc1.O=S(Cl)Cl. The highest BCUT2D eigenvalue weighted by Crippen LogP contribution is 2.30. The molecule has 0 aliphatic carbocycles. The predicted octanol–water partition coefficient (Wildman–Crippen LogP) is 25.8. The first-order valence-corrected chi connectivity index (χ1v) is 47.0. The average Bonchev–Trinajstić information content (AvgIpc) is 0.838. The number of carboxylic acids is 2. The maximum Gasteiger partial charge on any atom is 0.514 e. The summed E-state index contributed by atoms with van der Waals surface area (Å²) in [6.07, 6.45) is -3.39. The second-order valence-corrected chi connectivity index (χ2v) is 33.0. The third kappa shape index (κ3) is 47.5. The van der Waals surface area contributed by atoms with Crippen molar-refractivity contribution in [2.24, 2.45) is 0 Å². The Labute approximate surface area is 881 Å². The number of benzene rings is 15. The molecule has 15 aromatic rings. The van der Waals surface area contributed by atoms with Gasteiger partial charge in [0, 0.05) is 38.5 Å². The van der Waals surface area contributed by atoms with Crippen molar-refractivity contribution in [2.45, 2.75) is 61.5 Å². The topological polar surface area (TPSA) is 484 Å². The fraction of sp³-hybridized carbons (Fsp3) is 0.0893. The van der Waals surface area contributed by atoms with E-state index in [9.17, 15) is 67.7 Å². The minimum atomic E-state index is -1.67. The Kier molecular flexibility index (Phi) is 52.2. The van der Waals surface area contributed by atoms with E-state index in [0.717, 1.165) is 22.3 Å². The summed E-state index contributed by atoms with van der Waals surface area (Å²) >= 11 is 10.3. The predicted molar refractivity (Wildman–Crippen MR) is 556 cm³/mol. The summed E-state index contributed by atoms with van der Waals surface area (Å²) in [6.45, 7) is 7.79. The van der Waals surface area contributed by atoms with Crippen molar-refractivity contribution in [3.8, 4) is 74.7 Å². The standard InChI is InChI=1S/C31H24O10.C21H16O6.C15H11ClO4.C15H12O5.C8H7ClO2.C7H6O3.C7H8O2.C7H8.CH4.Cl2OS/c1-20-18-26(38-28(32)22-8-12-24(13-9-22)39-30(34)36-2)16-17-27(20)41-29(33)23-10-14-25(15-11-23)40-31(35)37-19-21-6-4-3-5-7-21;1-13-12-18(26-20(24)14-2-6-16(22)7-3-14)10-11-19(13)27-21(25)15-4-8-17(23)9-5-15;2*16-14(17)12-6-8-13(9-7-12)20-15(18)19-10-11-4-2-1-3-5-11;9-8(10)11-6-7-4-2-1-3-5-7;8-6-3-1-5(2-4-6)7(9)10;1-5-4-6(8)2-3-7(5)9;1-7-5-3-2-4-6-7;;1-4(2)3/h3-18H,19H2,1-2H3;2-12,22-23H,1H3;1-9H,10H2;1-9H,10H2,(H,16,17);1-5H,6H2;1-4,8H,(H,9,10);2-4,8-9H,1H3;2-6H,1H3;1H4;. The molecule has 33 nitrogen and oxygen atoms in total. The molecule has 0 unspecified atom stereocenters. The van der Waals surface area contributed by atoms with Crippen LogP contribution in [0.4, 0.5) is 24.0 Å². The van der Waals surface area contributed by atoms with E-state index in [2.05, 4.69) is 49.9 Å². The molecule has 38 heteroatoms. The molecule has 0 spiro atoms. The van der Waals surface area contributed by atoms with Gasteiger partial charge in [0.05, 0.1) is 40.5 Å². The maximum atomic E-state index is 12.6. The number of aromatic hydroxyl groups is 5. The van der Waals surface area contributed by atoms with Gasteiger partial charge in [-0.2, -0.15) is 0 Å². The molecule has 0 aliphatic rings. The Morgan fingerprint density at radius 2 is 0.513 bits per heavy atom. The molecule has 0 heterocycles. The fourth-order valence-electron chi connectivity index (χ4n) is 11.2. The van der Waals surface area contributed by atoms with Gasteiger partial charge < -0.3 is 97.3 Å². The molecule has 0 fully saturated rings. The van der Waals surface area contributed by atoms with Gasteiger partial charge in [-0.15, -0.1) is 0 Å². The van der Waals surface area contributed by atoms with Crippen LogP contribution >= 0.6 is 44.6 Å². The minimum Gasteiger partial charge on any atom is -0.508 e. The molecule has 7 N–H and O–H groups in total. The normalized spacial score (nSPS) is 9.75. The number of carbonyl (C=O) groups excluding carboxylic acids is 10.